The normalized spacial score (nSPS) is 13.2. The van der Waals surface area contributed by atoms with Crippen LogP contribution < -0.4 is 4.74 Å². The Morgan fingerprint density at radius 2 is 1.95 bits per heavy atom. The van der Waals surface area contributed by atoms with Gasteiger partial charge in [-0.25, -0.2) is 4.79 Å². The van der Waals surface area contributed by atoms with E-state index in [4.69, 9.17) is 4.74 Å². The minimum Gasteiger partial charge on any atom is -0.409 e. The first-order chi connectivity index (χ1) is 9.16. The van der Waals surface area contributed by atoms with Gasteiger partial charge in [0.25, 0.3) is 5.69 Å². The first kappa shape index (κ1) is 12.5. The number of allylic oxidation sites excluding steroid dienone is 3. The van der Waals surface area contributed by atoms with Gasteiger partial charge in [-0.15, -0.1) is 0 Å². The Morgan fingerprint density at radius 1 is 1.21 bits per heavy atom. The van der Waals surface area contributed by atoms with Crippen LogP contribution >= 0.6 is 0 Å². The summed E-state index contributed by atoms with van der Waals surface area (Å²) in [6.07, 6.45) is 7.18. The molecule has 0 unspecified atom stereocenters. The summed E-state index contributed by atoms with van der Waals surface area (Å²) in [6, 6.07) is 5.20. The zero-order valence-corrected chi connectivity index (χ0v) is 9.67. The quantitative estimate of drug-likeness (QED) is 0.603. The lowest BCUT2D eigenvalue weighted by Crippen LogP contribution is -2.23. The summed E-state index contributed by atoms with van der Waals surface area (Å²) in [6.45, 7) is 0. The lowest BCUT2D eigenvalue weighted by Gasteiger charge is -2.11. The highest BCUT2D eigenvalue weighted by atomic mass is 16.6. The number of nitro benzene ring substituents is 1. The molecule has 0 fully saturated rings. The van der Waals surface area contributed by atoms with E-state index in [1.165, 1.54) is 36.7 Å². The van der Waals surface area contributed by atoms with Crippen molar-refractivity contribution < 1.29 is 14.5 Å². The fourth-order valence-corrected chi connectivity index (χ4v) is 1.29. The third-order valence-electron chi connectivity index (χ3n) is 2.17. The van der Waals surface area contributed by atoms with Crippen LogP contribution in [0.4, 0.5) is 10.5 Å². The van der Waals surface area contributed by atoms with Gasteiger partial charge >= 0.3 is 6.09 Å². The van der Waals surface area contributed by atoms with Crippen LogP contribution in [-0.2, 0) is 0 Å². The molecule has 0 bridgehead atoms. The predicted molar refractivity (Wildman–Crippen MR) is 67.7 cm³/mol. The summed E-state index contributed by atoms with van der Waals surface area (Å²) in [4.78, 5) is 21.7. The first-order valence-electron chi connectivity index (χ1n) is 5.30. The Balaban J connectivity index is 2.04. The van der Waals surface area contributed by atoms with Crippen molar-refractivity contribution in [2.45, 2.75) is 0 Å². The lowest BCUT2D eigenvalue weighted by atomic mass is 10.3. The monoisotopic (exact) mass is 259 g/mol. The molecule has 1 aromatic rings. The van der Waals surface area contributed by atoms with Crippen LogP contribution in [0.25, 0.3) is 0 Å². The number of non-ortho nitro benzene ring substituents is 1. The maximum absolute atomic E-state index is 11.7. The summed E-state index contributed by atoms with van der Waals surface area (Å²) in [5, 5.41) is 15.3. The fraction of sp³-hybridized carbons (Fsp3) is 0. The number of ether oxygens (including phenoxy) is 1. The molecule has 0 spiro atoms. The summed E-state index contributed by atoms with van der Waals surface area (Å²) < 4.78 is 5.02. The zero-order chi connectivity index (χ0) is 13.7. The first-order valence-corrected chi connectivity index (χ1v) is 5.30. The second-order valence-electron chi connectivity index (χ2n) is 3.45. The molecular weight excluding hydrogens is 250 g/mol. The van der Waals surface area contributed by atoms with Gasteiger partial charge in [0.15, 0.2) is 0 Å². The maximum atomic E-state index is 11.7. The Bertz CT molecular complexity index is 559. The number of hydrogen-bond donors (Lipinski definition) is 0. The molecule has 1 aliphatic heterocycles. The Morgan fingerprint density at radius 3 is 2.63 bits per heavy atom. The molecule has 0 atom stereocenters. The van der Waals surface area contributed by atoms with Gasteiger partial charge in [-0.05, 0) is 24.3 Å². The van der Waals surface area contributed by atoms with Crippen molar-refractivity contribution >= 4 is 18.0 Å². The van der Waals surface area contributed by atoms with E-state index in [1.54, 1.807) is 18.2 Å². The third-order valence-corrected chi connectivity index (χ3v) is 2.17. The van der Waals surface area contributed by atoms with E-state index in [1.807, 2.05) is 0 Å². The van der Waals surface area contributed by atoms with Crippen LogP contribution in [0.15, 0.2) is 53.8 Å². The van der Waals surface area contributed by atoms with E-state index in [9.17, 15) is 14.9 Å². The Labute approximate surface area is 108 Å². The van der Waals surface area contributed by atoms with E-state index < -0.39 is 11.0 Å². The number of benzene rings is 1. The van der Waals surface area contributed by atoms with Gasteiger partial charge in [0.1, 0.15) is 5.75 Å². The minimum absolute atomic E-state index is 0.0725. The maximum Gasteiger partial charge on any atom is 0.440 e. The van der Waals surface area contributed by atoms with Gasteiger partial charge in [0.2, 0.25) is 0 Å². The number of hydrazone groups is 1. The van der Waals surface area contributed by atoms with Gasteiger partial charge in [-0.2, -0.15) is 10.1 Å². The molecule has 1 aromatic carbocycles. The topological polar surface area (TPSA) is 85.0 Å². The van der Waals surface area contributed by atoms with Gasteiger partial charge in [0, 0.05) is 24.5 Å². The molecule has 0 saturated heterocycles. The molecule has 0 saturated carbocycles. The van der Waals surface area contributed by atoms with E-state index >= 15 is 0 Å². The number of carbonyl (C=O) groups excluding carboxylic acids is 1. The van der Waals surface area contributed by atoms with Crippen LogP contribution in [0.5, 0.6) is 5.75 Å². The predicted octanol–water partition coefficient (Wildman–Crippen LogP) is 2.46. The molecule has 7 nitrogen and oxygen atoms in total. The average molecular weight is 259 g/mol. The zero-order valence-electron chi connectivity index (χ0n) is 9.67. The Hall–Kier alpha value is -2.96. The van der Waals surface area contributed by atoms with Crippen LogP contribution in [0.1, 0.15) is 0 Å². The highest BCUT2D eigenvalue weighted by Gasteiger charge is 2.13. The summed E-state index contributed by atoms with van der Waals surface area (Å²) in [5.74, 6) is 0.205. The van der Waals surface area contributed by atoms with Crippen LogP contribution in [0.3, 0.4) is 0 Å². The fourth-order valence-electron chi connectivity index (χ4n) is 1.29. The van der Waals surface area contributed by atoms with Gasteiger partial charge in [0.05, 0.1) is 4.92 Å². The molecule has 1 heterocycles. The summed E-state index contributed by atoms with van der Waals surface area (Å²) in [7, 11) is 0. The molecule has 19 heavy (non-hydrogen) atoms. The standard InChI is InChI=1S/C12H9N3O4/c16-12(14-9-3-1-2-8-13-14)19-11-6-4-10(5-7-11)15(17)18/h1-9H. The molecule has 0 N–H and O–H groups in total. The second-order valence-corrected chi connectivity index (χ2v) is 3.45. The van der Waals surface area contributed by atoms with Crippen LogP contribution in [0.2, 0.25) is 0 Å². The molecule has 0 aromatic heterocycles. The highest BCUT2D eigenvalue weighted by molar-refractivity contribution is 5.77. The largest absolute Gasteiger partial charge is 0.440 e. The minimum atomic E-state index is -0.704. The second kappa shape index (κ2) is 5.58. The molecule has 96 valence electrons. The number of nitro groups is 1. The van der Waals surface area contributed by atoms with Crippen molar-refractivity contribution in [2.75, 3.05) is 0 Å². The van der Waals surface area contributed by atoms with Gasteiger partial charge in [-0.1, -0.05) is 6.08 Å². The number of carbonyl (C=O) groups is 1. The molecule has 1 aliphatic rings. The average Bonchev–Trinajstić information content (AvgIpc) is 2.68. The van der Waals surface area contributed by atoms with E-state index in [0.717, 1.165) is 5.01 Å². The third kappa shape index (κ3) is 3.25. The molecule has 2 rings (SSSR count). The smallest absolute Gasteiger partial charge is 0.409 e. The molecule has 7 heteroatoms. The van der Waals surface area contributed by atoms with Gasteiger partial charge < -0.3 is 4.74 Å². The van der Waals surface area contributed by atoms with Crippen molar-refractivity contribution in [2.24, 2.45) is 5.10 Å². The number of rotatable bonds is 2. The van der Waals surface area contributed by atoms with Crippen molar-refractivity contribution in [3.05, 3.63) is 58.8 Å². The SMILES string of the molecule is O=C(Oc1ccc([N+](=O)[O-])cc1)N1C=CC=CC=N1. The lowest BCUT2D eigenvalue weighted by molar-refractivity contribution is -0.384. The van der Waals surface area contributed by atoms with Crippen LogP contribution in [0, 0.1) is 10.1 Å². The van der Waals surface area contributed by atoms with E-state index in [-0.39, 0.29) is 11.4 Å². The van der Waals surface area contributed by atoms with Gasteiger partial charge in [-0.3, -0.25) is 10.1 Å². The molecule has 0 aliphatic carbocycles. The van der Waals surface area contributed by atoms with Crippen molar-refractivity contribution in [1.29, 1.82) is 0 Å². The van der Waals surface area contributed by atoms with Crippen molar-refractivity contribution in [1.82, 2.24) is 5.01 Å². The Kier molecular flexibility index (Phi) is 3.67. The molecule has 1 amide bonds. The van der Waals surface area contributed by atoms with E-state index in [0.29, 0.717) is 0 Å². The van der Waals surface area contributed by atoms with Crippen LogP contribution in [-0.4, -0.2) is 22.2 Å². The van der Waals surface area contributed by atoms with Crippen molar-refractivity contribution in [3.8, 4) is 5.75 Å². The summed E-state index contributed by atoms with van der Waals surface area (Å²) in [5.41, 5.74) is -0.0725. The molecular formula is C12H9N3O4. The molecule has 0 radical (unpaired) electrons. The summed E-state index contributed by atoms with van der Waals surface area (Å²) >= 11 is 0. The highest BCUT2D eigenvalue weighted by Crippen LogP contribution is 2.18. The number of hydrogen-bond acceptors (Lipinski definition) is 5. The number of nitrogens with zero attached hydrogens (tertiary/aromatic N) is 3. The van der Waals surface area contributed by atoms with Crippen molar-refractivity contribution in [3.63, 3.8) is 0 Å². The number of amides is 1. The van der Waals surface area contributed by atoms with E-state index in [2.05, 4.69) is 5.10 Å².